The maximum atomic E-state index is 12.6. The summed E-state index contributed by atoms with van der Waals surface area (Å²) in [5.41, 5.74) is 2.12. The van der Waals surface area contributed by atoms with Crippen LogP contribution in [0.1, 0.15) is 11.1 Å². The largest absolute Gasteiger partial charge is 0.416 e. The lowest BCUT2D eigenvalue weighted by Gasteiger charge is -2.06. The third-order valence-corrected chi connectivity index (χ3v) is 4.16. The van der Waals surface area contributed by atoms with Crippen molar-refractivity contribution in [2.45, 2.75) is 6.18 Å². The van der Waals surface area contributed by atoms with E-state index in [2.05, 4.69) is 4.98 Å². The van der Waals surface area contributed by atoms with Gasteiger partial charge >= 0.3 is 6.18 Å². The Morgan fingerprint density at radius 1 is 0.913 bits per heavy atom. The number of alkyl halides is 3. The fourth-order valence-electron chi connectivity index (χ4n) is 2.06. The van der Waals surface area contributed by atoms with Crippen molar-refractivity contribution in [3.05, 3.63) is 65.0 Å². The Morgan fingerprint density at radius 2 is 1.52 bits per heavy atom. The van der Waals surface area contributed by atoms with Gasteiger partial charge in [0.2, 0.25) is 0 Å². The molecule has 0 aliphatic carbocycles. The van der Waals surface area contributed by atoms with Gasteiger partial charge in [-0.15, -0.1) is 11.3 Å². The number of aromatic nitrogens is 1. The Bertz CT molecular complexity index is 857. The van der Waals surface area contributed by atoms with E-state index in [1.807, 2.05) is 11.4 Å². The molecule has 3 aromatic rings. The topological polar surface area (TPSA) is 36.7 Å². The van der Waals surface area contributed by atoms with Crippen LogP contribution in [0.5, 0.6) is 0 Å². The van der Waals surface area contributed by atoms with Gasteiger partial charge in [0, 0.05) is 16.5 Å². The zero-order chi connectivity index (χ0) is 16.4. The minimum Gasteiger partial charge on any atom is -0.236 e. The molecule has 1 heterocycles. The van der Waals surface area contributed by atoms with E-state index in [0.717, 1.165) is 23.4 Å². The van der Waals surface area contributed by atoms with Gasteiger partial charge < -0.3 is 0 Å². The molecule has 2 aromatic carbocycles. The van der Waals surface area contributed by atoms with E-state index in [0.29, 0.717) is 16.1 Å². The molecule has 2 nitrogen and oxygen atoms in total. The van der Waals surface area contributed by atoms with Crippen LogP contribution in [-0.2, 0) is 6.18 Å². The second-order valence-corrected chi connectivity index (χ2v) is 5.66. The van der Waals surface area contributed by atoms with Crippen LogP contribution in [0.4, 0.5) is 13.2 Å². The van der Waals surface area contributed by atoms with Crippen LogP contribution in [0.3, 0.4) is 0 Å². The molecule has 0 saturated heterocycles. The summed E-state index contributed by atoms with van der Waals surface area (Å²) in [5.74, 6) is 0. The smallest absolute Gasteiger partial charge is 0.236 e. The van der Waals surface area contributed by atoms with E-state index in [1.165, 1.54) is 23.5 Å². The number of thiazole rings is 1. The lowest BCUT2D eigenvalue weighted by Crippen LogP contribution is -2.03. The molecule has 0 N–H and O–H groups in total. The zero-order valence-corrected chi connectivity index (χ0v) is 12.4. The average Bonchev–Trinajstić information content (AvgIpc) is 3.04. The van der Waals surface area contributed by atoms with Crippen LogP contribution in [0, 0.1) is 11.3 Å². The molecule has 23 heavy (non-hydrogen) atoms. The Morgan fingerprint density at radius 3 is 2.09 bits per heavy atom. The van der Waals surface area contributed by atoms with Gasteiger partial charge in [-0.1, -0.05) is 24.3 Å². The highest BCUT2D eigenvalue weighted by molar-refractivity contribution is 7.13. The second kappa shape index (κ2) is 5.86. The Balaban J connectivity index is 1.88. The average molecular weight is 330 g/mol. The summed E-state index contributed by atoms with van der Waals surface area (Å²) >= 11 is 1.36. The first-order valence-electron chi connectivity index (χ1n) is 6.61. The van der Waals surface area contributed by atoms with Gasteiger partial charge in [-0.25, -0.2) is 4.98 Å². The minimum atomic E-state index is -4.34. The summed E-state index contributed by atoms with van der Waals surface area (Å²) in [6.45, 7) is 0. The lowest BCUT2D eigenvalue weighted by molar-refractivity contribution is -0.137. The third-order valence-electron chi connectivity index (χ3n) is 3.27. The summed E-state index contributed by atoms with van der Waals surface area (Å²) in [7, 11) is 0. The minimum absolute atomic E-state index is 0.562. The monoisotopic (exact) mass is 330 g/mol. The van der Waals surface area contributed by atoms with Crippen molar-refractivity contribution in [3.63, 3.8) is 0 Å². The highest BCUT2D eigenvalue weighted by Crippen LogP contribution is 2.33. The first-order valence-corrected chi connectivity index (χ1v) is 7.49. The standard InChI is InChI=1S/C17H9F3N2S/c18-17(19,20)14-7-5-13(6-8-14)16-22-15(10-23-16)12-3-1-11(9-21)2-4-12/h1-8,10H. The zero-order valence-electron chi connectivity index (χ0n) is 11.6. The summed E-state index contributed by atoms with van der Waals surface area (Å²) in [6, 6.07) is 14.0. The van der Waals surface area contributed by atoms with Crippen LogP contribution in [-0.4, -0.2) is 4.98 Å². The summed E-state index contributed by atoms with van der Waals surface area (Å²) in [6.07, 6.45) is -4.34. The molecule has 6 heteroatoms. The van der Waals surface area contributed by atoms with Crippen molar-refractivity contribution in [2.75, 3.05) is 0 Å². The van der Waals surface area contributed by atoms with Gasteiger partial charge in [0.05, 0.1) is 22.9 Å². The van der Waals surface area contributed by atoms with Crippen molar-refractivity contribution in [1.82, 2.24) is 4.98 Å². The van der Waals surface area contributed by atoms with Crippen molar-refractivity contribution in [2.24, 2.45) is 0 Å². The number of rotatable bonds is 2. The number of hydrogen-bond acceptors (Lipinski definition) is 3. The van der Waals surface area contributed by atoms with Crippen LogP contribution >= 0.6 is 11.3 Å². The second-order valence-electron chi connectivity index (χ2n) is 4.80. The molecular formula is C17H9F3N2S. The van der Waals surface area contributed by atoms with Gasteiger partial charge in [-0.2, -0.15) is 18.4 Å². The number of hydrogen-bond donors (Lipinski definition) is 0. The molecule has 3 rings (SSSR count). The molecule has 0 fully saturated rings. The third kappa shape index (κ3) is 3.25. The molecule has 0 amide bonds. The molecule has 1 aromatic heterocycles. The Labute approximate surface area is 134 Å². The van der Waals surface area contributed by atoms with E-state index < -0.39 is 11.7 Å². The predicted molar refractivity (Wildman–Crippen MR) is 82.7 cm³/mol. The fourth-order valence-corrected chi connectivity index (χ4v) is 2.89. The SMILES string of the molecule is N#Cc1ccc(-c2csc(-c3ccc(C(F)(F)F)cc3)n2)cc1. The predicted octanol–water partition coefficient (Wildman–Crippen LogP) is 5.37. The molecule has 114 valence electrons. The highest BCUT2D eigenvalue weighted by atomic mass is 32.1. The van der Waals surface area contributed by atoms with Gasteiger partial charge in [0.15, 0.2) is 0 Å². The number of nitrogens with zero attached hydrogens (tertiary/aromatic N) is 2. The molecule has 0 atom stereocenters. The van der Waals surface area contributed by atoms with E-state index in [-0.39, 0.29) is 0 Å². The molecule has 0 radical (unpaired) electrons. The first kappa shape index (κ1) is 15.3. The van der Waals surface area contributed by atoms with Crippen molar-refractivity contribution in [3.8, 4) is 27.9 Å². The van der Waals surface area contributed by atoms with Crippen molar-refractivity contribution >= 4 is 11.3 Å². The fraction of sp³-hybridized carbons (Fsp3) is 0.0588. The quantitative estimate of drug-likeness (QED) is 0.633. The number of nitriles is 1. The molecule has 0 spiro atoms. The van der Waals surface area contributed by atoms with Crippen LogP contribution in [0.25, 0.3) is 21.8 Å². The van der Waals surface area contributed by atoms with Gasteiger partial charge in [0.25, 0.3) is 0 Å². The molecule has 0 aliphatic rings. The Hall–Kier alpha value is -2.65. The van der Waals surface area contributed by atoms with Crippen molar-refractivity contribution < 1.29 is 13.2 Å². The van der Waals surface area contributed by atoms with Gasteiger partial charge in [-0.05, 0) is 24.3 Å². The maximum Gasteiger partial charge on any atom is 0.416 e. The lowest BCUT2D eigenvalue weighted by atomic mass is 10.1. The summed E-state index contributed by atoms with van der Waals surface area (Å²) < 4.78 is 37.7. The van der Waals surface area contributed by atoms with Crippen LogP contribution in [0.15, 0.2) is 53.9 Å². The molecular weight excluding hydrogens is 321 g/mol. The highest BCUT2D eigenvalue weighted by Gasteiger charge is 2.30. The van der Waals surface area contributed by atoms with E-state index >= 15 is 0 Å². The first-order chi connectivity index (χ1) is 11.0. The van der Waals surface area contributed by atoms with Crippen LogP contribution < -0.4 is 0 Å². The van der Waals surface area contributed by atoms with E-state index in [4.69, 9.17) is 5.26 Å². The van der Waals surface area contributed by atoms with Gasteiger partial charge in [-0.3, -0.25) is 0 Å². The molecule has 0 saturated carbocycles. The molecule has 0 aliphatic heterocycles. The van der Waals surface area contributed by atoms with Crippen LogP contribution in [0.2, 0.25) is 0 Å². The van der Waals surface area contributed by atoms with Gasteiger partial charge in [0.1, 0.15) is 5.01 Å². The van der Waals surface area contributed by atoms with E-state index in [9.17, 15) is 13.2 Å². The Kier molecular flexibility index (Phi) is 3.89. The molecule has 0 unspecified atom stereocenters. The summed E-state index contributed by atoms with van der Waals surface area (Å²) in [4.78, 5) is 4.45. The summed E-state index contributed by atoms with van der Waals surface area (Å²) in [5, 5.41) is 11.3. The van der Waals surface area contributed by atoms with E-state index in [1.54, 1.807) is 24.3 Å². The molecule has 0 bridgehead atoms. The normalized spacial score (nSPS) is 11.2. The van der Waals surface area contributed by atoms with Crippen molar-refractivity contribution in [1.29, 1.82) is 5.26 Å². The maximum absolute atomic E-state index is 12.6. The number of benzene rings is 2. The number of halogens is 3.